The number of para-hydroxylation sites is 2. The van der Waals surface area contributed by atoms with Gasteiger partial charge in [0.25, 0.3) is 0 Å². The molecule has 1 aliphatic heterocycles. The highest BCUT2D eigenvalue weighted by molar-refractivity contribution is 7.99. The molecule has 0 bridgehead atoms. The van der Waals surface area contributed by atoms with Gasteiger partial charge in [0.05, 0.1) is 17.8 Å². The molecule has 0 atom stereocenters. The number of ether oxygens (including phenoxy) is 2. The number of fused-ring (bicyclic) bond motifs is 2. The van der Waals surface area contributed by atoms with Crippen molar-refractivity contribution in [2.45, 2.75) is 23.1 Å². The number of anilines is 2. The number of nitrogens with zero attached hydrogens (tertiary/aromatic N) is 1. The molecule has 148 valence electrons. The van der Waals surface area contributed by atoms with Crippen molar-refractivity contribution in [1.29, 1.82) is 0 Å². The smallest absolute Gasteiger partial charge is 0.307 e. The van der Waals surface area contributed by atoms with Crippen LogP contribution in [0.1, 0.15) is 12.0 Å². The van der Waals surface area contributed by atoms with E-state index in [1.54, 1.807) is 11.8 Å². The Morgan fingerprint density at radius 2 is 1.48 bits per heavy atom. The topological polar surface area (TPSA) is 38.8 Å². The first-order chi connectivity index (χ1) is 14.2. The van der Waals surface area contributed by atoms with E-state index in [0.717, 1.165) is 17.1 Å². The molecule has 5 heteroatoms. The fourth-order valence-electron chi connectivity index (χ4n) is 3.25. The van der Waals surface area contributed by atoms with Crippen molar-refractivity contribution >= 4 is 29.1 Å². The van der Waals surface area contributed by atoms with Crippen LogP contribution in [0.3, 0.4) is 0 Å². The van der Waals surface area contributed by atoms with E-state index in [1.165, 1.54) is 15.4 Å². The number of hydrogen-bond acceptors (Lipinski definition) is 5. The minimum Gasteiger partial charge on any atom is -0.490 e. The van der Waals surface area contributed by atoms with Crippen LogP contribution in [0.2, 0.25) is 0 Å². The second kappa shape index (κ2) is 9.05. The number of carbonyl (C=O) groups is 1. The number of aryl methyl sites for hydroxylation is 1. The van der Waals surface area contributed by atoms with Crippen molar-refractivity contribution in [2.75, 3.05) is 24.7 Å². The van der Waals surface area contributed by atoms with Crippen molar-refractivity contribution < 1.29 is 14.3 Å². The summed E-state index contributed by atoms with van der Waals surface area (Å²) >= 11 is 1.76. The highest BCUT2D eigenvalue weighted by atomic mass is 32.2. The molecule has 3 aromatic rings. The summed E-state index contributed by atoms with van der Waals surface area (Å²) in [7, 11) is 0. The highest BCUT2D eigenvalue weighted by Crippen LogP contribution is 2.47. The molecule has 3 aromatic carbocycles. The van der Waals surface area contributed by atoms with Crippen molar-refractivity contribution in [3.05, 3.63) is 78.4 Å². The summed E-state index contributed by atoms with van der Waals surface area (Å²) in [6.07, 6.45) is 0.317. The standard InChI is InChI=1S/C24H23NO3S/c1-18-10-12-19(13-11-18)27-16-17-28-24(26)14-15-25-20-6-2-4-8-22(20)29-23-9-5-3-7-21(23)25/h2-13H,14-17H2,1H3. The lowest BCUT2D eigenvalue weighted by Gasteiger charge is -2.32. The Bertz CT molecular complexity index is 942. The van der Waals surface area contributed by atoms with Crippen molar-refractivity contribution in [3.8, 4) is 5.75 Å². The van der Waals surface area contributed by atoms with E-state index in [4.69, 9.17) is 9.47 Å². The summed E-state index contributed by atoms with van der Waals surface area (Å²) in [5.74, 6) is 0.566. The van der Waals surface area contributed by atoms with Crippen molar-refractivity contribution in [3.63, 3.8) is 0 Å². The van der Waals surface area contributed by atoms with Gasteiger partial charge >= 0.3 is 5.97 Å². The average Bonchev–Trinajstić information content (AvgIpc) is 2.75. The minimum atomic E-state index is -0.217. The van der Waals surface area contributed by atoms with E-state index < -0.39 is 0 Å². The molecular formula is C24H23NO3S. The molecule has 29 heavy (non-hydrogen) atoms. The summed E-state index contributed by atoms with van der Waals surface area (Å²) < 4.78 is 11.0. The molecule has 0 amide bonds. The summed E-state index contributed by atoms with van der Waals surface area (Å²) in [5.41, 5.74) is 3.45. The lowest BCUT2D eigenvalue weighted by atomic mass is 10.2. The molecule has 0 fully saturated rings. The summed E-state index contributed by atoms with van der Waals surface area (Å²) in [5, 5.41) is 0. The molecule has 1 heterocycles. The Morgan fingerprint density at radius 3 is 2.14 bits per heavy atom. The molecule has 4 rings (SSSR count). The second-order valence-corrected chi connectivity index (χ2v) is 7.90. The third kappa shape index (κ3) is 4.74. The maximum atomic E-state index is 12.3. The fourth-order valence-corrected chi connectivity index (χ4v) is 4.34. The molecule has 1 aliphatic rings. The van der Waals surface area contributed by atoms with Gasteiger partial charge in [0.1, 0.15) is 19.0 Å². The van der Waals surface area contributed by atoms with Gasteiger partial charge in [-0.05, 0) is 43.3 Å². The van der Waals surface area contributed by atoms with E-state index in [-0.39, 0.29) is 12.6 Å². The monoisotopic (exact) mass is 405 g/mol. The van der Waals surface area contributed by atoms with Crippen LogP contribution in [0.5, 0.6) is 5.75 Å². The Kier molecular flexibility index (Phi) is 6.06. The first kappa shape index (κ1) is 19.4. The van der Waals surface area contributed by atoms with Crippen molar-refractivity contribution in [2.24, 2.45) is 0 Å². The Hall–Kier alpha value is -2.92. The molecule has 0 radical (unpaired) electrons. The predicted molar refractivity (Wildman–Crippen MR) is 116 cm³/mol. The van der Waals surface area contributed by atoms with Gasteiger partial charge in [-0.25, -0.2) is 0 Å². The van der Waals surface area contributed by atoms with E-state index in [9.17, 15) is 4.79 Å². The fraction of sp³-hybridized carbons (Fsp3) is 0.208. The zero-order chi connectivity index (χ0) is 20.1. The maximum absolute atomic E-state index is 12.3. The predicted octanol–water partition coefficient (Wildman–Crippen LogP) is 5.61. The van der Waals surface area contributed by atoms with Crippen LogP contribution >= 0.6 is 11.8 Å². The number of esters is 1. The third-order valence-corrected chi connectivity index (χ3v) is 5.84. The van der Waals surface area contributed by atoms with Crippen LogP contribution in [0.15, 0.2) is 82.6 Å². The average molecular weight is 406 g/mol. The van der Waals surface area contributed by atoms with Crippen molar-refractivity contribution in [1.82, 2.24) is 0 Å². The zero-order valence-corrected chi connectivity index (χ0v) is 17.2. The SMILES string of the molecule is Cc1ccc(OCCOC(=O)CCN2c3ccccc3Sc3ccccc32)cc1. The van der Waals surface area contributed by atoms with E-state index in [1.807, 2.05) is 55.5 Å². The van der Waals surface area contributed by atoms with Crippen LogP contribution in [-0.4, -0.2) is 25.7 Å². The van der Waals surface area contributed by atoms with Crippen LogP contribution in [0, 0.1) is 6.92 Å². The molecule has 0 aromatic heterocycles. The van der Waals surface area contributed by atoms with Gasteiger partial charge in [-0.2, -0.15) is 0 Å². The van der Waals surface area contributed by atoms with Crippen LogP contribution in [-0.2, 0) is 9.53 Å². The largest absolute Gasteiger partial charge is 0.490 e. The van der Waals surface area contributed by atoms with Gasteiger partial charge in [0.2, 0.25) is 0 Å². The summed E-state index contributed by atoms with van der Waals surface area (Å²) in [4.78, 5) is 16.9. The number of rotatable bonds is 7. The Morgan fingerprint density at radius 1 is 0.862 bits per heavy atom. The second-order valence-electron chi connectivity index (χ2n) is 6.82. The maximum Gasteiger partial charge on any atom is 0.307 e. The minimum absolute atomic E-state index is 0.217. The number of carbonyl (C=O) groups excluding carboxylic acids is 1. The molecule has 4 nitrogen and oxygen atoms in total. The van der Waals surface area contributed by atoms with E-state index >= 15 is 0 Å². The number of benzene rings is 3. The first-order valence-corrected chi connectivity index (χ1v) is 10.5. The lowest BCUT2D eigenvalue weighted by Crippen LogP contribution is -2.25. The molecule has 0 saturated heterocycles. The molecule has 0 spiro atoms. The highest BCUT2D eigenvalue weighted by Gasteiger charge is 2.23. The molecule has 0 aliphatic carbocycles. The molecule has 0 saturated carbocycles. The molecule has 0 unspecified atom stereocenters. The van der Waals surface area contributed by atoms with Crippen LogP contribution in [0.25, 0.3) is 0 Å². The summed E-state index contributed by atoms with van der Waals surface area (Å²) in [6, 6.07) is 24.4. The third-order valence-electron chi connectivity index (χ3n) is 4.71. The van der Waals surface area contributed by atoms with Gasteiger partial charge in [-0.1, -0.05) is 53.7 Å². The quantitative estimate of drug-likeness (QED) is 0.377. The van der Waals surface area contributed by atoms with Gasteiger partial charge in [-0.15, -0.1) is 0 Å². The number of hydrogen-bond donors (Lipinski definition) is 0. The van der Waals surface area contributed by atoms with Gasteiger partial charge in [0.15, 0.2) is 0 Å². The lowest BCUT2D eigenvalue weighted by molar-refractivity contribution is -0.144. The van der Waals surface area contributed by atoms with Crippen LogP contribution in [0.4, 0.5) is 11.4 Å². The van der Waals surface area contributed by atoms with Gasteiger partial charge in [0, 0.05) is 16.3 Å². The Labute approximate surface area is 175 Å². The van der Waals surface area contributed by atoms with Crippen LogP contribution < -0.4 is 9.64 Å². The van der Waals surface area contributed by atoms with E-state index in [0.29, 0.717) is 19.6 Å². The first-order valence-electron chi connectivity index (χ1n) is 9.69. The molecular weight excluding hydrogens is 382 g/mol. The summed E-state index contributed by atoms with van der Waals surface area (Å²) in [6.45, 7) is 3.20. The van der Waals surface area contributed by atoms with Gasteiger partial charge < -0.3 is 14.4 Å². The zero-order valence-electron chi connectivity index (χ0n) is 16.3. The van der Waals surface area contributed by atoms with Gasteiger partial charge in [-0.3, -0.25) is 4.79 Å². The Balaban J connectivity index is 1.31. The normalized spacial score (nSPS) is 12.1. The molecule has 0 N–H and O–H groups in total. The van der Waals surface area contributed by atoms with E-state index in [2.05, 4.69) is 29.2 Å².